The Bertz CT molecular complexity index is 848. The van der Waals surface area contributed by atoms with Gasteiger partial charge in [-0.2, -0.15) is 0 Å². The van der Waals surface area contributed by atoms with E-state index in [0.717, 1.165) is 32.5 Å². The van der Waals surface area contributed by atoms with Gasteiger partial charge in [0, 0.05) is 28.8 Å². The van der Waals surface area contributed by atoms with E-state index in [0.29, 0.717) is 6.54 Å². The Balaban J connectivity index is 1.75. The summed E-state index contributed by atoms with van der Waals surface area (Å²) in [5, 5.41) is 2.96. The molecule has 0 bridgehead atoms. The highest BCUT2D eigenvalue weighted by Gasteiger charge is 2.35. The van der Waals surface area contributed by atoms with Crippen molar-refractivity contribution in [3.05, 3.63) is 57.6 Å². The smallest absolute Gasteiger partial charge is 0.229 e. The zero-order valence-corrected chi connectivity index (χ0v) is 16.2. The minimum Gasteiger partial charge on any atom is -0.326 e. The second-order valence-corrected chi connectivity index (χ2v) is 7.56. The van der Waals surface area contributed by atoms with Crippen molar-refractivity contribution in [3.63, 3.8) is 0 Å². The molecule has 1 aliphatic heterocycles. The normalized spacial score (nSPS) is 17.0. The van der Waals surface area contributed by atoms with Crippen LogP contribution in [0.2, 0.25) is 0 Å². The zero-order chi connectivity index (χ0) is 18.1. The van der Waals surface area contributed by atoms with Crippen molar-refractivity contribution in [2.45, 2.75) is 27.2 Å². The van der Waals surface area contributed by atoms with Crippen LogP contribution in [0.5, 0.6) is 0 Å². The van der Waals surface area contributed by atoms with E-state index in [1.165, 1.54) is 0 Å². The van der Waals surface area contributed by atoms with E-state index in [4.69, 9.17) is 0 Å². The van der Waals surface area contributed by atoms with Gasteiger partial charge in [0.2, 0.25) is 11.8 Å². The van der Waals surface area contributed by atoms with Crippen LogP contribution in [-0.4, -0.2) is 18.4 Å². The molecule has 5 heteroatoms. The molecule has 1 aliphatic rings. The fourth-order valence-electron chi connectivity index (χ4n) is 3.13. The minimum atomic E-state index is -0.338. The van der Waals surface area contributed by atoms with Crippen molar-refractivity contribution in [1.82, 2.24) is 0 Å². The fraction of sp³-hybridized carbons (Fsp3) is 0.300. The van der Waals surface area contributed by atoms with Gasteiger partial charge in [-0.05, 0) is 61.7 Å². The third kappa shape index (κ3) is 3.76. The number of anilines is 2. The van der Waals surface area contributed by atoms with E-state index < -0.39 is 0 Å². The second-order valence-electron chi connectivity index (χ2n) is 6.64. The molecule has 1 heterocycles. The van der Waals surface area contributed by atoms with Crippen LogP contribution in [0.25, 0.3) is 0 Å². The highest BCUT2D eigenvalue weighted by atomic mass is 79.9. The Morgan fingerprint density at radius 3 is 2.60 bits per heavy atom. The molecular weight excluding hydrogens is 380 g/mol. The van der Waals surface area contributed by atoms with Crippen LogP contribution in [0.4, 0.5) is 11.4 Å². The fourth-order valence-corrected chi connectivity index (χ4v) is 3.60. The molecule has 0 spiro atoms. The molecule has 2 aromatic rings. The molecule has 4 nitrogen and oxygen atoms in total. The van der Waals surface area contributed by atoms with Gasteiger partial charge in [0.15, 0.2) is 0 Å². The van der Waals surface area contributed by atoms with Crippen LogP contribution in [0.15, 0.2) is 40.9 Å². The SMILES string of the molecule is Cc1ccc(C)c(N2C[C@@H](C(=O)Nc3ccc(Br)cc3C)CC2=O)c1. The molecule has 2 amide bonds. The molecule has 0 saturated carbocycles. The largest absolute Gasteiger partial charge is 0.326 e. The van der Waals surface area contributed by atoms with E-state index in [1.807, 2.05) is 57.2 Å². The summed E-state index contributed by atoms with van der Waals surface area (Å²) in [4.78, 5) is 26.8. The van der Waals surface area contributed by atoms with Crippen LogP contribution in [0, 0.1) is 26.7 Å². The van der Waals surface area contributed by atoms with Crippen molar-refractivity contribution in [1.29, 1.82) is 0 Å². The zero-order valence-electron chi connectivity index (χ0n) is 14.6. The lowest BCUT2D eigenvalue weighted by Crippen LogP contribution is -2.28. The second kappa shape index (κ2) is 7.00. The summed E-state index contributed by atoms with van der Waals surface area (Å²) in [6.07, 6.45) is 0.245. The van der Waals surface area contributed by atoms with Gasteiger partial charge >= 0.3 is 0 Å². The van der Waals surface area contributed by atoms with E-state index in [9.17, 15) is 9.59 Å². The Hall–Kier alpha value is -2.14. The van der Waals surface area contributed by atoms with Gasteiger partial charge in [-0.15, -0.1) is 0 Å². The van der Waals surface area contributed by atoms with Gasteiger partial charge in [0.25, 0.3) is 0 Å². The number of nitrogens with zero attached hydrogens (tertiary/aromatic N) is 1. The third-order valence-electron chi connectivity index (χ3n) is 4.60. The summed E-state index contributed by atoms with van der Waals surface area (Å²) in [6, 6.07) is 11.8. The minimum absolute atomic E-state index is 0.00128. The molecule has 0 aromatic heterocycles. The Labute approximate surface area is 156 Å². The van der Waals surface area contributed by atoms with Crippen LogP contribution >= 0.6 is 15.9 Å². The lowest BCUT2D eigenvalue weighted by Gasteiger charge is -2.20. The molecule has 1 N–H and O–H groups in total. The monoisotopic (exact) mass is 400 g/mol. The number of benzene rings is 2. The number of hydrogen-bond acceptors (Lipinski definition) is 2. The average molecular weight is 401 g/mol. The standard InChI is InChI=1S/C20H21BrN2O2/c1-12-4-5-13(2)18(8-12)23-11-15(10-19(23)24)20(25)22-17-7-6-16(21)9-14(17)3/h4-9,15H,10-11H2,1-3H3,(H,22,25)/t15-/m0/s1. The molecule has 2 aromatic carbocycles. The molecule has 3 rings (SSSR count). The van der Waals surface area contributed by atoms with Crippen LogP contribution in [-0.2, 0) is 9.59 Å². The maximum absolute atomic E-state index is 12.6. The maximum Gasteiger partial charge on any atom is 0.229 e. The molecule has 130 valence electrons. The molecule has 25 heavy (non-hydrogen) atoms. The summed E-state index contributed by atoms with van der Waals surface area (Å²) in [5.41, 5.74) is 4.82. The molecule has 1 atom stereocenters. The summed E-state index contributed by atoms with van der Waals surface area (Å²) >= 11 is 3.42. The van der Waals surface area contributed by atoms with Crippen molar-refractivity contribution in [2.24, 2.45) is 5.92 Å². The predicted molar refractivity (Wildman–Crippen MR) is 104 cm³/mol. The van der Waals surface area contributed by atoms with Gasteiger partial charge in [-0.3, -0.25) is 9.59 Å². The predicted octanol–water partition coefficient (Wildman–Crippen LogP) is 4.37. The number of rotatable bonds is 3. The number of carbonyl (C=O) groups excluding carboxylic acids is 2. The van der Waals surface area contributed by atoms with Crippen molar-refractivity contribution >= 4 is 39.1 Å². The molecular formula is C20H21BrN2O2. The highest BCUT2D eigenvalue weighted by Crippen LogP contribution is 2.30. The third-order valence-corrected chi connectivity index (χ3v) is 5.09. The van der Waals surface area contributed by atoms with Gasteiger partial charge in [0.05, 0.1) is 5.92 Å². The van der Waals surface area contributed by atoms with Gasteiger partial charge in [0.1, 0.15) is 0 Å². The highest BCUT2D eigenvalue weighted by molar-refractivity contribution is 9.10. The summed E-state index contributed by atoms with van der Waals surface area (Å²) in [7, 11) is 0. The number of carbonyl (C=O) groups is 2. The first kappa shape index (κ1) is 17.7. The number of amides is 2. The summed E-state index contributed by atoms with van der Waals surface area (Å²) in [5.74, 6) is -0.441. The Morgan fingerprint density at radius 2 is 1.88 bits per heavy atom. The first-order chi connectivity index (χ1) is 11.8. The van der Waals surface area contributed by atoms with Crippen molar-refractivity contribution in [2.75, 3.05) is 16.8 Å². The molecule has 0 radical (unpaired) electrons. The molecule has 1 saturated heterocycles. The quantitative estimate of drug-likeness (QED) is 0.831. The number of hydrogen-bond donors (Lipinski definition) is 1. The van der Waals surface area contributed by atoms with E-state index in [-0.39, 0.29) is 24.2 Å². The lowest BCUT2D eigenvalue weighted by atomic mass is 10.1. The first-order valence-electron chi connectivity index (χ1n) is 8.30. The maximum atomic E-state index is 12.6. The Kier molecular flexibility index (Phi) is 4.95. The number of nitrogens with one attached hydrogen (secondary N) is 1. The average Bonchev–Trinajstić information content (AvgIpc) is 2.94. The van der Waals surface area contributed by atoms with Gasteiger partial charge in [-0.1, -0.05) is 28.1 Å². The van der Waals surface area contributed by atoms with Crippen molar-refractivity contribution in [3.8, 4) is 0 Å². The summed E-state index contributed by atoms with van der Waals surface area (Å²) in [6.45, 7) is 6.36. The van der Waals surface area contributed by atoms with E-state index in [1.54, 1.807) is 4.90 Å². The number of halogens is 1. The Morgan fingerprint density at radius 1 is 1.12 bits per heavy atom. The molecule has 1 fully saturated rings. The lowest BCUT2D eigenvalue weighted by molar-refractivity contribution is -0.122. The van der Waals surface area contributed by atoms with E-state index >= 15 is 0 Å². The topological polar surface area (TPSA) is 49.4 Å². The number of aryl methyl sites for hydroxylation is 3. The van der Waals surface area contributed by atoms with Crippen molar-refractivity contribution < 1.29 is 9.59 Å². The van der Waals surface area contributed by atoms with Gasteiger partial charge in [-0.25, -0.2) is 0 Å². The van der Waals surface area contributed by atoms with Crippen LogP contribution in [0.1, 0.15) is 23.1 Å². The van der Waals surface area contributed by atoms with E-state index in [2.05, 4.69) is 21.2 Å². The molecule has 0 aliphatic carbocycles. The van der Waals surface area contributed by atoms with Crippen LogP contribution < -0.4 is 10.2 Å². The van der Waals surface area contributed by atoms with Gasteiger partial charge < -0.3 is 10.2 Å². The summed E-state index contributed by atoms with van der Waals surface area (Å²) < 4.78 is 0.972. The molecule has 0 unspecified atom stereocenters. The first-order valence-corrected chi connectivity index (χ1v) is 9.09. The van der Waals surface area contributed by atoms with Crippen LogP contribution in [0.3, 0.4) is 0 Å².